The molecule has 7 aromatic rings. The number of oxime groups is 1. The number of fused-ring (bicyclic) bond motifs is 3. The summed E-state index contributed by atoms with van der Waals surface area (Å²) in [5.41, 5.74) is 0.261. The third kappa shape index (κ3) is 9.71. The Bertz CT molecular complexity index is 2910. The highest BCUT2D eigenvalue weighted by molar-refractivity contribution is 7.87. The van der Waals surface area contributed by atoms with E-state index in [1.165, 1.54) is 25.3 Å². The summed E-state index contributed by atoms with van der Waals surface area (Å²) in [6, 6.07) is 38.4. The van der Waals surface area contributed by atoms with E-state index in [4.69, 9.17) is 58.0 Å². The van der Waals surface area contributed by atoms with Gasteiger partial charge >= 0.3 is 17.9 Å². The molecule has 0 bridgehead atoms. The molecule has 7 rings (SSSR count). The summed E-state index contributed by atoms with van der Waals surface area (Å²) < 4.78 is 51.7. The van der Waals surface area contributed by atoms with Crippen LogP contribution in [0.4, 0.5) is 0 Å². The second-order valence-electron chi connectivity index (χ2n) is 13.2. The van der Waals surface area contributed by atoms with Crippen molar-refractivity contribution in [3.63, 3.8) is 0 Å². The second kappa shape index (κ2) is 18.5. The zero-order valence-corrected chi connectivity index (χ0v) is 34.5. The normalized spacial score (nSPS) is 13.2. The highest BCUT2D eigenvalue weighted by Crippen LogP contribution is 2.34. The standard InChI is InChI=1S/C45H32Cl3NO10S/c1-55-49-25-39(57-44(51)34-18-15-28-9-3-6-12-31(28)21-34)42(58-45(52)35-19-16-29-10-4-7-13-32(29)22-35)40(59-60(53,54)41-24-37(47)36(46)23-38(41)48)26-56-43(50)33-17-14-27-8-2-5-11-30(27)20-33/h2-25,39-40,42H,26H2,1H3/b49-25-/t39-,40-,42+/m0/s1. The van der Waals surface area contributed by atoms with Crippen LogP contribution < -0.4 is 0 Å². The molecule has 304 valence electrons. The van der Waals surface area contributed by atoms with Gasteiger partial charge in [-0.3, -0.25) is 4.18 Å². The fraction of sp³-hybridized carbons (Fsp3) is 0.111. The number of esters is 3. The Labute approximate surface area is 359 Å². The Morgan fingerprint density at radius 3 is 1.53 bits per heavy atom. The van der Waals surface area contributed by atoms with Crippen LogP contribution in [-0.4, -0.2) is 64.6 Å². The molecule has 0 saturated carbocycles. The summed E-state index contributed by atoms with van der Waals surface area (Å²) in [4.78, 5) is 46.0. The molecule has 0 N–H and O–H groups in total. The molecule has 0 saturated heterocycles. The van der Waals surface area contributed by atoms with Gasteiger partial charge in [-0.15, -0.1) is 0 Å². The molecule has 0 fully saturated rings. The zero-order valence-electron chi connectivity index (χ0n) is 31.4. The van der Waals surface area contributed by atoms with Crippen molar-refractivity contribution in [3.8, 4) is 0 Å². The molecule has 0 aliphatic rings. The fourth-order valence-corrected chi connectivity index (χ4v) is 8.37. The monoisotopic (exact) mass is 883 g/mol. The topological polar surface area (TPSA) is 144 Å². The molecule has 15 heteroatoms. The third-order valence-corrected chi connectivity index (χ3v) is 11.8. The maximum Gasteiger partial charge on any atom is 0.338 e. The van der Waals surface area contributed by atoms with Gasteiger partial charge in [0.15, 0.2) is 18.3 Å². The maximum absolute atomic E-state index is 14.1. The largest absolute Gasteiger partial charge is 0.459 e. The Balaban J connectivity index is 1.31. The average Bonchev–Trinajstić information content (AvgIpc) is 3.26. The Morgan fingerprint density at radius 2 is 1.03 bits per heavy atom. The van der Waals surface area contributed by atoms with Crippen LogP contribution in [0, 0.1) is 0 Å². The highest BCUT2D eigenvalue weighted by atomic mass is 35.5. The Morgan fingerprint density at radius 1 is 0.583 bits per heavy atom. The van der Waals surface area contributed by atoms with Crippen molar-refractivity contribution in [1.29, 1.82) is 0 Å². The van der Waals surface area contributed by atoms with Gasteiger partial charge in [-0.1, -0.05) is 131 Å². The van der Waals surface area contributed by atoms with Crippen molar-refractivity contribution in [2.24, 2.45) is 5.16 Å². The van der Waals surface area contributed by atoms with Crippen LogP contribution in [0.15, 0.2) is 150 Å². The van der Waals surface area contributed by atoms with Gasteiger partial charge < -0.3 is 19.0 Å². The molecule has 0 unspecified atom stereocenters. The minimum atomic E-state index is -4.98. The molecule has 0 radical (unpaired) electrons. The number of nitrogens with zero attached hydrogens (tertiary/aromatic N) is 1. The van der Waals surface area contributed by atoms with Gasteiger partial charge in [-0.2, -0.15) is 8.42 Å². The average molecular weight is 885 g/mol. The van der Waals surface area contributed by atoms with E-state index in [-0.39, 0.29) is 31.8 Å². The molecule has 0 aromatic heterocycles. The van der Waals surface area contributed by atoms with E-state index >= 15 is 0 Å². The van der Waals surface area contributed by atoms with Gasteiger partial charge in [0, 0.05) is 0 Å². The first-order valence-corrected chi connectivity index (χ1v) is 20.6. The number of halogens is 3. The highest BCUT2D eigenvalue weighted by Gasteiger charge is 2.41. The van der Waals surface area contributed by atoms with Crippen molar-refractivity contribution in [3.05, 3.63) is 171 Å². The van der Waals surface area contributed by atoms with Gasteiger partial charge in [0.25, 0.3) is 10.1 Å². The number of hydrogen-bond acceptors (Lipinski definition) is 11. The number of hydrogen-bond donors (Lipinski definition) is 0. The predicted molar refractivity (Wildman–Crippen MR) is 230 cm³/mol. The molecule has 7 aromatic carbocycles. The van der Waals surface area contributed by atoms with Crippen LogP contribution in [0.25, 0.3) is 32.3 Å². The molecule has 3 atom stereocenters. The maximum atomic E-state index is 14.1. The molecular weight excluding hydrogens is 853 g/mol. The van der Waals surface area contributed by atoms with E-state index in [9.17, 15) is 22.8 Å². The van der Waals surface area contributed by atoms with Crippen LogP contribution in [-0.2, 0) is 33.3 Å². The van der Waals surface area contributed by atoms with E-state index in [1.54, 1.807) is 72.8 Å². The fourth-order valence-electron chi connectivity index (χ4n) is 6.32. The van der Waals surface area contributed by atoms with Gasteiger partial charge in [0.1, 0.15) is 18.6 Å². The van der Waals surface area contributed by atoms with Gasteiger partial charge in [0.05, 0.1) is 38.0 Å². The van der Waals surface area contributed by atoms with E-state index in [1.807, 2.05) is 36.4 Å². The zero-order chi connectivity index (χ0) is 42.4. The SMILES string of the molecule is CO/N=C\[C@H](OC(=O)c1ccc2ccccc2c1)[C@@H](OC(=O)c1ccc2ccccc2c1)[C@H](COC(=O)c1ccc2ccccc2c1)OS(=O)(=O)c1cc(Cl)c(Cl)cc1Cl. The van der Waals surface area contributed by atoms with Crippen molar-refractivity contribution >= 4 is 101 Å². The summed E-state index contributed by atoms with van der Waals surface area (Å²) in [5.74, 6) is -2.78. The van der Waals surface area contributed by atoms with Crippen molar-refractivity contribution in [1.82, 2.24) is 0 Å². The molecule has 0 heterocycles. The molecule has 0 aliphatic carbocycles. The Hall–Kier alpha value is -6.02. The summed E-state index contributed by atoms with van der Waals surface area (Å²) in [5, 5.41) is 7.90. The molecule has 60 heavy (non-hydrogen) atoms. The van der Waals surface area contributed by atoms with Crippen molar-refractivity contribution in [2.75, 3.05) is 13.7 Å². The third-order valence-electron chi connectivity index (χ3n) is 9.32. The van der Waals surface area contributed by atoms with Crippen molar-refractivity contribution in [2.45, 2.75) is 23.2 Å². The first kappa shape index (κ1) is 42.1. The minimum Gasteiger partial charge on any atom is -0.459 e. The van der Waals surface area contributed by atoms with Crippen LogP contribution in [0.1, 0.15) is 31.1 Å². The van der Waals surface area contributed by atoms with Gasteiger partial charge in [-0.05, 0) is 80.8 Å². The van der Waals surface area contributed by atoms with E-state index in [0.717, 1.165) is 45.3 Å². The molecule has 11 nitrogen and oxygen atoms in total. The molecular formula is C45H32Cl3NO10S. The molecule has 0 amide bonds. The number of benzene rings is 7. The molecule has 0 spiro atoms. The second-order valence-corrected chi connectivity index (χ2v) is 16.0. The lowest BCUT2D eigenvalue weighted by Gasteiger charge is -2.30. The Kier molecular flexibility index (Phi) is 13.0. The predicted octanol–water partition coefficient (Wildman–Crippen LogP) is 10.1. The lowest BCUT2D eigenvalue weighted by Crippen LogP contribution is -2.48. The van der Waals surface area contributed by atoms with E-state index in [2.05, 4.69) is 5.16 Å². The van der Waals surface area contributed by atoms with Crippen LogP contribution >= 0.6 is 34.8 Å². The summed E-state index contributed by atoms with van der Waals surface area (Å²) in [7, 11) is -3.76. The van der Waals surface area contributed by atoms with Crippen LogP contribution in [0.5, 0.6) is 0 Å². The van der Waals surface area contributed by atoms with Crippen LogP contribution in [0.3, 0.4) is 0 Å². The van der Waals surface area contributed by atoms with Gasteiger partial charge in [-0.25, -0.2) is 14.4 Å². The number of rotatable bonds is 14. The van der Waals surface area contributed by atoms with Crippen LogP contribution in [0.2, 0.25) is 15.1 Å². The van der Waals surface area contributed by atoms with Crippen molar-refractivity contribution < 1.29 is 46.0 Å². The molecule has 0 aliphatic heterocycles. The number of carbonyl (C=O) groups is 3. The summed E-state index contributed by atoms with van der Waals surface area (Å²) in [6.07, 6.45) is -4.62. The number of carbonyl (C=O) groups excluding carboxylic acids is 3. The lowest BCUT2D eigenvalue weighted by molar-refractivity contribution is -0.0685. The summed E-state index contributed by atoms with van der Waals surface area (Å²) in [6.45, 7) is -0.885. The smallest absolute Gasteiger partial charge is 0.338 e. The first-order chi connectivity index (χ1) is 28.9. The quantitative estimate of drug-likeness (QED) is 0.0259. The minimum absolute atomic E-state index is 0.0416. The van der Waals surface area contributed by atoms with E-state index in [0.29, 0.717) is 5.39 Å². The lowest BCUT2D eigenvalue weighted by atomic mass is 10.1. The first-order valence-electron chi connectivity index (χ1n) is 18.1. The number of ether oxygens (including phenoxy) is 3. The summed E-state index contributed by atoms with van der Waals surface area (Å²) >= 11 is 18.7. The van der Waals surface area contributed by atoms with E-state index < -0.39 is 57.8 Å². The van der Waals surface area contributed by atoms with Gasteiger partial charge in [0.2, 0.25) is 0 Å².